The van der Waals surface area contributed by atoms with Crippen molar-refractivity contribution in [2.75, 3.05) is 0 Å². The van der Waals surface area contributed by atoms with Gasteiger partial charge < -0.3 is 10.8 Å². The third-order valence-corrected chi connectivity index (χ3v) is 3.82. The minimum Gasteiger partial charge on any atom is -0.481 e. The summed E-state index contributed by atoms with van der Waals surface area (Å²) < 4.78 is 1.01. The molecule has 1 aliphatic carbocycles. The summed E-state index contributed by atoms with van der Waals surface area (Å²) in [6, 6.07) is 7.62. The maximum Gasteiger partial charge on any atom is 0.308 e. The molecule has 0 amide bonds. The van der Waals surface area contributed by atoms with Crippen LogP contribution in [0.3, 0.4) is 0 Å². The predicted molar refractivity (Wildman–Crippen MR) is 65.2 cm³/mol. The largest absolute Gasteiger partial charge is 0.481 e. The molecule has 16 heavy (non-hydrogen) atoms. The van der Waals surface area contributed by atoms with Gasteiger partial charge in [0, 0.05) is 10.5 Å². The Kier molecular flexibility index (Phi) is 3.30. The van der Waals surface area contributed by atoms with Gasteiger partial charge in [-0.1, -0.05) is 28.1 Å². The van der Waals surface area contributed by atoms with Crippen molar-refractivity contribution in [2.24, 2.45) is 11.7 Å². The molecule has 1 aromatic carbocycles. The number of nitrogens with two attached hydrogens (primary N) is 1. The maximum absolute atomic E-state index is 11.2. The first kappa shape index (κ1) is 11.6. The highest BCUT2D eigenvalue weighted by Crippen LogP contribution is 2.39. The zero-order chi connectivity index (χ0) is 11.7. The Morgan fingerprint density at radius 3 is 2.50 bits per heavy atom. The van der Waals surface area contributed by atoms with Crippen LogP contribution in [0, 0.1) is 5.92 Å². The highest BCUT2D eigenvalue weighted by atomic mass is 79.9. The molecule has 3 N–H and O–H groups in total. The third kappa shape index (κ3) is 2.13. The van der Waals surface area contributed by atoms with Crippen LogP contribution in [0.4, 0.5) is 0 Å². The molecule has 3 atom stereocenters. The molecule has 2 rings (SSSR count). The average Bonchev–Trinajstić information content (AvgIpc) is 2.61. The van der Waals surface area contributed by atoms with Gasteiger partial charge in [-0.3, -0.25) is 4.79 Å². The monoisotopic (exact) mass is 283 g/mol. The standard InChI is InChI=1S/C12H14BrNO2/c13-8-3-1-7(2-4-8)9-5-6-10(14)11(9)12(15)16/h1-4,9-11H,5-6,14H2,(H,15,16)/t9-,10?,11?/m1/s1. The molecule has 1 aromatic rings. The van der Waals surface area contributed by atoms with Gasteiger partial charge in [0.05, 0.1) is 5.92 Å². The minimum absolute atomic E-state index is 0.0561. The molecule has 1 saturated carbocycles. The van der Waals surface area contributed by atoms with E-state index in [1.165, 1.54) is 0 Å². The van der Waals surface area contributed by atoms with Crippen molar-refractivity contribution in [1.82, 2.24) is 0 Å². The second-order valence-electron chi connectivity index (χ2n) is 4.26. The Hall–Kier alpha value is -0.870. The predicted octanol–water partition coefficient (Wildman–Crippen LogP) is 2.35. The highest BCUT2D eigenvalue weighted by molar-refractivity contribution is 9.10. The van der Waals surface area contributed by atoms with Gasteiger partial charge in [-0.2, -0.15) is 0 Å². The van der Waals surface area contributed by atoms with Crippen LogP contribution in [0.5, 0.6) is 0 Å². The van der Waals surface area contributed by atoms with E-state index in [0.717, 1.165) is 22.9 Å². The number of aliphatic carboxylic acids is 1. The number of carbonyl (C=O) groups is 1. The van der Waals surface area contributed by atoms with Crippen LogP contribution in [0.2, 0.25) is 0 Å². The van der Waals surface area contributed by atoms with Crippen molar-refractivity contribution >= 4 is 21.9 Å². The van der Waals surface area contributed by atoms with E-state index in [4.69, 9.17) is 5.73 Å². The fraction of sp³-hybridized carbons (Fsp3) is 0.417. The van der Waals surface area contributed by atoms with Gasteiger partial charge in [-0.15, -0.1) is 0 Å². The van der Waals surface area contributed by atoms with Crippen LogP contribution < -0.4 is 5.73 Å². The normalized spacial score (nSPS) is 29.2. The molecule has 3 nitrogen and oxygen atoms in total. The number of carboxylic acids is 1. The lowest BCUT2D eigenvalue weighted by Gasteiger charge is -2.18. The zero-order valence-corrected chi connectivity index (χ0v) is 10.4. The quantitative estimate of drug-likeness (QED) is 0.876. The summed E-state index contributed by atoms with van der Waals surface area (Å²) in [5.41, 5.74) is 6.92. The van der Waals surface area contributed by atoms with Gasteiger partial charge in [0.1, 0.15) is 0 Å². The van der Waals surface area contributed by atoms with Crippen LogP contribution in [0.1, 0.15) is 24.3 Å². The summed E-state index contributed by atoms with van der Waals surface area (Å²) in [5, 5.41) is 9.18. The summed E-state index contributed by atoms with van der Waals surface area (Å²) in [7, 11) is 0. The van der Waals surface area contributed by atoms with Gasteiger partial charge in [0.25, 0.3) is 0 Å². The molecular formula is C12H14BrNO2. The molecule has 86 valence electrons. The summed E-state index contributed by atoms with van der Waals surface area (Å²) in [5.74, 6) is -1.17. The van der Waals surface area contributed by atoms with Crippen molar-refractivity contribution < 1.29 is 9.90 Å². The number of hydrogen-bond donors (Lipinski definition) is 2. The van der Waals surface area contributed by atoms with E-state index in [2.05, 4.69) is 15.9 Å². The van der Waals surface area contributed by atoms with E-state index < -0.39 is 11.9 Å². The lowest BCUT2D eigenvalue weighted by Crippen LogP contribution is -2.33. The SMILES string of the molecule is NC1CC[C@H](c2ccc(Br)cc2)C1C(=O)O. The second kappa shape index (κ2) is 4.55. The Morgan fingerprint density at radius 2 is 1.94 bits per heavy atom. The maximum atomic E-state index is 11.2. The Balaban J connectivity index is 2.26. The van der Waals surface area contributed by atoms with Crippen LogP contribution >= 0.6 is 15.9 Å². The minimum atomic E-state index is -0.780. The molecule has 0 bridgehead atoms. The number of benzene rings is 1. The van der Waals surface area contributed by atoms with Crippen molar-refractivity contribution in [3.05, 3.63) is 34.3 Å². The molecule has 0 aliphatic heterocycles. The molecule has 0 heterocycles. The molecule has 0 spiro atoms. The van der Waals surface area contributed by atoms with Crippen molar-refractivity contribution in [2.45, 2.75) is 24.8 Å². The van der Waals surface area contributed by atoms with Gasteiger partial charge in [0.2, 0.25) is 0 Å². The number of rotatable bonds is 2. The Labute approximate surface area is 103 Å². The summed E-state index contributed by atoms with van der Waals surface area (Å²) in [4.78, 5) is 11.2. The lowest BCUT2D eigenvalue weighted by atomic mass is 9.88. The molecule has 1 aliphatic rings. The fourth-order valence-corrected chi connectivity index (χ4v) is 2.73. The molecule has 2 unspecified atom stereocenters. The van der Waals surface area contributed by atoms with Gasteiger partial charge in [0.15, 0.2) is 0 Å². The summed E-state index contributed by atoms with van der Waals surface area (Å²) in [6.45, 7) is 0. The van der Waals surface area contributed by atoms with Crippen molar-refractivity contribution in [3.8, 4) is 0 Å². The van der Waals surface area contributed by atoms with Gasteiger partial charge in [-0.25, -0.2) is 0 Å². The molecular weight excluding hydrogens is 270 g/mol. The number of halogens is 1. The van der Waals surface area contributed by atoms with E-state index in [9.17, 15) is 9.90 Å². The summed E-state index contributed by atoms with van der Waals surface area (Å²) >= 11 is 3.37. The van der Waals surface area contributed by atoms with E-state index >= 15 is 0 Å². The molecule has 4 heteroatoms. The van der Waals surface area contributed by atoms with Crippen LogP contribution in [-0.2, 0) is 4.79 Å². The smallest absolute Gasteiger partial charge is 0.308 e. The third-order valence-electron chi connectivity index (χ3n) is 3.29. The van der Waals surface area contributed by atoms with Gasteiger partial charge >= 0.3 is 5.97 Å². The first-order valence-electron chi connectivity index (χ1n) is 5.33. The van der Waals surface area contributed by atoms with Crippen LogP contribution in [-0.4, -0.2) is 17.1 Å². The average molecular weight is 284 g/mol. The van der Waals surface area contributed by atoms with Gasteiger partial charge in [-0.05, 0) is 36.5 Å². The fourth-order valence-electron chi connectivity index (χ4n) is 2.47. The highest BCUT2D eigenvalue weighted by Gasteiger charge is 2.39. The van der Waals surface area contributed by atoms with E-state index in [1.54, 1.807) is 0 Å². The molecule has 0 radical (unpaired) electrons. The van der Waals surface area contributed by atoms with E-state index in [-0.39, 0.29) is 12.0 Å². The Morgan fingerprint density at radius 1 is 1.31 bits per heavy atom. The lowest BCUT2D eigenvalue weighted by molar-refractivity contribution is -0.142. The zero-order valence-electron chi connectivity index (χ0n) is 8.77. The number of hydrogen-bond acceptors (Lipinski definition) is 2. The van der Waals surface area contributed by atoms with E-state index in [0.29, 0.717) is 0 Å². The van der Waals surface area contributed by atoms with Crippen LogP contribution in [0.25, 0.3) is 0 Å². The molecule has 0 saturated heterocycles. The van der Waals surface area contributed by atoms with Crippen molar-refractivity contribution in [1.29, 1.82) is 0 Å². The topological polar surface area (TPSA) is 63.3 Å². The van der Waals surface area contributed by atoms with E-state index in [1.807, 2.05) is 24.3 Å². The van der Waals surface area contributed by atoms with Crippen molar-refractivity contribution in [3.63, 3.8) is 0 Å². The first-order valence-corrected chi connectivity index (χ1v) is 6.12. The second-order valence-corrected chi connectivity index (χ2v) is 5.18. The number of carboxylic acid groups (broad SMARTS) is 1. The first-order chi connectivity index (χ1) is 7.59. The molecule has 1 fully saturated rings. The molecule has 0 aromatic heterocycles. The van der Waals surface area contributed by atoms with Crippen LogP contribution in [0.15, 0.2) is 28.7 Å². The summed E-state index contributed by atoms with van der Waals surface area (Å²) in [6.07, 6.45) is 1.65. The Bertz CT molecular complexity index is 391.